The van der Waals surface area contributed by atoms with Gasteiger partial charge in [-0.1, -0.05) is 36.4 Å². The molecule has 2 nitrogen and oxygen atoms in total. The van der Waals surface area contributed by atoms with Crippen LogP contribution in [-0.4, -0.2) is 24.3 Å². The molecule has 0 amide bonds. The molecule has 0 N–H and O–H groups in total. The van der Waals surface area contributed by atoms with Crippen molar-refractivity contribution in [3.63, 3.8) is 0 Å². The molecule has 0 aliphatic carbocycles. The van der Waals surface area contributed by atoms with Crippen LogP contribution in [0.2, 0.25) is 0 Å². The van der Waals surface area contributed by atoms with E-state index in [4.69, 9.17) is 4.74 Å². The smallest absolute Gasteiger partial charge is 0.217 e. The molecule has 108 valence electrons. The molecule has 21 heavy (non-hydrogen) atoms. The van der Waals surface area contributed by atoms with E-state index >= 15 is 0 Å². The molecule has 0 aromatic heterocycles. The summed E-state index contributed by atoms with van der Waals surface area (Å²) in [5, 5.41) is 0. The molecule has 0 atom stereocenters. The van der Waals surface area contributed by atoms with Crippen LogP contribution in [-0.2, 0) is 4.74 Å². The zero-order valence-electron chi connectivity index (χ0n) is 12.6. The average Bonchev–Trinajstić information content (AvgIpc) is 2.87. The van der Waals surface area contributed by atoms with Crippen molar-refractivity contribution in [2.75, 3.05) is 12.9 Å². The number of benzene rings is 2. The van der Waals surface area contributed by atoms with Crippen molar-refractivity contribution in [2.45, 2.75) is 24.3 Å². The number of nitrogens with zero attached hydrogens (tertiary/aromatic N) is 1. The van der Waals surface area contributed by atoms with Crippen molar-refractivity contribution in [3.8, 4) is 11.1 Å². The van der Waals surface area contributed by atoms with E-state index < -0.39 is 0 Å². The minimum absolute atomic E-state index is 0.122. The summed E-state index contributed by atoms with van der Waals surface area (Å²) in [5.41, 5.74) is 3.42. The maximum atomic E-state index is 5.78. The summed E-state index contributed by atoms with van der Waals surface area (Å²) in [4.78, 5) is 5.88. The fraction of sp³-hybridized carbons (Fsp3) is 0.278. The highest BCUT2D eigenvalue weighted by molar-refractivity contribution is 7.98. The molecule has 2 aromatic carbocycles. The Balaban J connectivity index is 2.01. The summed E-state index contributed by atoms with van der Waals surface area (Å²) in [6.07, 6.45) is 2.09. The summed E-state index contributed by atoms with van der Waals surface area (Å²) in [6.45, 7) is 4.84. The molecular formula is C18H19NOS. The highest BCUT2D eigenvalue weighted by Gasteiger charge is 2.28. The second-order valence-corrected chi connectivity index (χ2v) is 6.65. The minimum Gasteiger partial charge on any atom is -0.475 e. The summed E-state index contributed by atoms with van der Waals surface area (Å²) >= 11 is 1.73. The highest BCUT2D eigenvalue weighted by Crippen LogP contribution is 2.31. The number of hydrogen-bond donors (Lipinski definition) is 0. The first kappa shape index (κ1) is 14.2. The Morgan fingerprint density at radius 2 is 1.81 bits per heavy atom. The van der Waals surface area contributed by atoms with E-state index in [-0.39, 0.29) is 5.54 Å². The zero-order valence-corrected chi connectivity index (χ0v) is 13.4. The molecular weight excluding hydrogens is 278 g/mol. The van der Waals surface area contributed by atoms with Crippen molar-refractivity contribution >= 4 is 17.7 Å². The number of rotatable bonds is 3. The van der Waals surface area contributed by atoms with Gasteiger partial charge in [-0.25, -0.2) is 4.99 Å². The van der Waals surface area contributed by atoms with Crippen LogP contribution in [0.4, 0.5) is 0 Å². The SMILES string of the molecule is CSc1cc(-c2ccccc2)ccc1C1=NC(C)(C)CO1. The Kier molecular flexibility index (Phi) is 3.77. The van der Waals surface area contributed by atoms with E-state index in [1.807, 2.05) is 6.07 Å². The van der Waals surface area contributed by atoms with Gasteiger partial charge >= 0.3 is 0 Å². The fourth-order valence-corrected chi connectivity index (χ4v) is 3.02. The maximum Gasteiger partial charge on any atom is 0.217 e. The summed E-state index contributed by atoms with van der Waals surface area (Å²) in [6, 6.07) is 16.9. The van der Waals surface area contributed by atoms with Crippen LogP contribution in [0.15, 0.2) is 58.4 Å². The van der Waals surface area contributed by atoms with Crippen LogP contribution in [0.1, 0.15) is 19.4 Å². The van der Waals surface area contributed by atoms with Gasteiger partial charge < -0.3 is 4.74 Å². The molecule has 0 radical (unpaired) electrons. The number of thioether (sulfide) groups is 1. The lowest BCUT2D eigenvalue weighted by Gasteiger charge is -2.10. The summed E-state index contributed by atoms with van der Waals surface area (Å²) < 4.78 is 5.78. The number of hydrogen-bond acceptors (Lipinski definition) is 3. The molecule has 0 unspecified atom stereocenters. The second-order valence-electron chi connectivity index (χ2n) is 5.80. The Bertz CT molecular complexity index is 677. The van der Waals surface area contributed by atoms with Crippen molar-refractivity contribution < 1.29 is 4.74 Å². The number of ether oxygens (including phenoxy) is 1. The molecule has 0 saturated carbocycles. The van der Waals surface area contributed by atoms with Gasteiger partial charge in [0, 0.05) is 10.5 Å². The third-order valence-electron chi connectivity index (χ3n) is 3.51. The predicted molar refractivity (Wildman–Crippen MR) is 90.2 cm³/mol. The van der Waals surface area contributed by atoms with Crippen LogP contribution in [0.5, 0.6) is 0 Å². The van der Waals surface area contributed by atoms with E-state index in [9.17, 15) is 0 Å². The quantitative estimate of drug-likeness (QED) is 0.770. The van der Waals surface area contributed by atoms with Gasteiger partial charge in [0.2, 0.25) is 5.90 Å². The van der Waals surface area contributed by atoms with Crippen LogP contribution < -0.4 is 0 Å². The van der Waals surface area contributed by atoms with Crippen molar-refractivity contribution in [1.29, 1.82) is 0 Å². The highest BCUT2D eigenvalue weighted by atomic mass is 32.2. The Labute approximate surface area is 130 Å². The van der Waals surface area contributed by atoms with Crippen molar-refractivity contribution in [1.82, 2.24) is 0 Å². The number of aliphatic imine (C=N–C) groups is 1. The van der Waals surface area contributed by atoms with E-state index in [0.29, 0.717) is 6.61 Å². The Morgan fingerprint density at radius 3 is 2.43 bits per heavy atom. The van der Waals surface area contributed by atoms with Crippen LogP contribution in [0, 0.1) is 0 Å². The van der Waals surface area contributed by atoms with Gasteiger partial charge in [0.25, 0.3) is 0 Å². The molecule has 0 spiro atoms. The first-order valence-electron chi connectivity index (χ1n) is 7.05. The molecule has 0 fully saturated rings. The van der Waals surface area contributed by atoms with Crippen molar-refractivity contribution in [3.05, 3.63) is 54.1 Å². The first-order chi connectivity index (χ1) is 10.1. The van der Waals surface area contributed by atoms with Gasteiger partial charge in [-0.3, -0.25) is 0 Å². The van der Waals surface area contributed by atoms with Crippen LogP contribution in [0.3, 0.4) is 0 Å². The topological polar surface area (TPSA) is 21.6 Å². The molecule has 0 bridgehead atoms. The maximum absolute atomic E-state index is 5.78. The summed E-state index contributed by atoms with van der Waals surface area (Å²) in [5.74, 6) is 0.768. The second kappa shape index (κ2) is 5.57. The molecule has 2 aromatic rings. The van der Waals surface area contributed by atoms with E-state index in [1.165, 1.54) is 16.0 Å². The van der Waals surface area contributed by atoms with E-state index in [2.05, 4.69) is 67.6 Å². The van der Waals surface area contributed by atoms with Gasteiger partial charge in [-0.2, -0.15) is 0 Å². The van der Waals surface area contributed by atoms with Gasteiger partial charge in [-0.15, -0.1) is 11.8 Å². The molecule has 1 aliphatic heterocycles. The normalized spacial score (nSPS) is 16.4. The Hall–Kier alpha value is -1.74. The lowest BCUT2D eigenvalue weighted by molar-refractivity contribution is 0.279. The van der Waals surface area contributed by atoms with Gasteiger partial charge in [0.05, 0.1) is 5.54 Å². The zero-order chi connectivity index (χ0) is 14.9. The van der Waals surface area contributed by atoms with Crippen molar-refractivity contribution in [2.24, 2.45) is 4.99 Å². The molecule has 0 saturated heterocycles. The van der Waals surface area contributed by atoms with Gasteiger partial charge in [-0.05, 0) is 43.4 Å². The minimum atomic E-state index is -0.122. The largest absolute Gasteiger partial charge is 0.475 e. The molecule has 1 aliphatic rings. The predicted octanol–water partition coefficient (Wildman–Crippen LogP) is 4.63. The van der Waals surface area contributed by atoms with Gasteiger partial charge in [0.15, 0.2) is 0 Å². The third-order valence-corrected chi connectivity index (χ3v) is 4.28. The van der Waals surface area contributed by atoms with Crippen LogP contribution in [0.25, 0.3) is 11.1 Å². The molecule has 1 heterocycles. The Morgan fingerprint density at radius 1 is 1.05 bits per heavy atom. The van der Waals surface area contributed by atoms with E-state index in [0.717, 1.165) is 11.5 Å². The van der Waals surface area contributed by atoms with Crippen LogP contribution >= 0.6 is 11.8 Å². The summed E-state index contributed by atoms with van der Waals surface area (Å²) in [7, 11) is 0. The molecule has 3 rings (SSSR count). The standard InChI is InChI=1S/C18H19NOS/c1-18(2)12-20-17(19-18)15-10-9-14(11-16(15)21-3)13-7-5-4-6-8-13/h4-11H,12H2,1-3H3. The fourth-order valence-electron chi connectivity index (χ4n) is 2.40. The van der Waals surface area contributed by atoms with E-state index in [1.54, 1.807) is 11.8 Å². The van der Waals surface area contributed by atoms with Gasteiger partial charge in [0.1, 0.15) is 6.61 Å². The third kappa shape index (κ3) is 2.98. The molecule has 3 heteroatoms. The monoisotopic (exact) mass is 297 g/mol. The lowest BCUT2D eigenvalue weighted by Crippen LogP contribution is -2.17. The average molecular weight is 297 g/mol. The lowest BCUT2D eigenvalue weighted by atomic mass is 10.0. The first-order valence-corrected chi connectivity index (χ1v) is 8.28.